The van der Waals surface area contributed by atoms with Crippen molar-refractivity contribution in [3.8, 4) is 23.0 Å². The summed E-state index contributed by atoms with van der Waals surface area (Å²) in [6.07, 6.45) is 0. The van der Waals surface area contributed by atoms with E-state index in [-0.39, 0.29) is 0 Å². The summed E-state index contributed by atoms with van der Waals surface area (Å²) in [5.41, 5.74) is 2.94. The summed E-state index contributed by atoms with van der Waals surface area (Å²) in [7, 11) is 3.79. The molecular weight excluding hydrogens is 452 g/mol. The quantitative estimate of drug-likeness (QED) is 0.197. The summed E-state index contributed by atoms with van der Waals surface area (Å²) >= 11 is 0. The van der Waals surface area contributed by atoms with Gasteiger partial charge in [0.1, 0.15) is 33.2 Å². The Hall–Kier alpha value is -3.70. The first-order valence-corrected chi connectivity index (χ1v) is 12.1. The van der Waals surface area contributed by atoms with Crippen LogP contribution in [0.1, 0.15) is 22.3 Å². The minimum Gasteiger partial charge on any atom is -0.482 e. The molecule has 4 aromatic rings. The summed E-state index contributed by atoms with van der Waals surface area (Å²) in [5.74, 6) is 0.819. The first-order valence-electron chi connectivity index (χ1n) is 11.6. The summed E-state index contributed by atoms with van der Waals surface area (Å²) < 4.78 is 26.2. The van der Waals surface area contributed by atoms with Crippen LogP contribution < -0.4 is 18.9 Å². The maximum atomic E-state index is 6.61. The molecule has 1 unspecified atom stereocenters. The summed E-state index contributed by atoms with van der Waals surface area (Å²) in [6.45, 7) is 7.92. The molecular formula is C30H29O4Si. The Balaban J connectivity index is 1.85. The number of hydrogen-bond donors (Lipinski definition) is 0. The van der Waals surface area contributed by atoms with Crippen molar-refractivity contribution in [3.05, 3.63) is 119 Å². The fraction of sp³-hybridized carbons (Fsp3) is 0.200. The van der Waals surface area contributed by atoms with Crippen LogP contribution in [-0.2, 0) is 0 Å². The Morgan fingerprint density at radius 2 is 0.771 bits per heavy atom. The topological polar surface area (TPSA) is 36.9 Å². The third-order valence-corrected chi connectivity index (χ3v) is 6.17. The molecule has 0 fully saturated rings. The standard InChI is InChI=1S/C30H29O4Si/c1-21-13-5-9-17-25(21)31-29(35)30(32-26-18-10-6-14-22(26)2,33-27-19-11-7-15-23(27)3)34-28-20-12-8-16-24(28)4/h5-20,29H,1-4H3. The van der Waals surface area contributed by atoms with Gasteiger partial charge in [0.25, 0.3) is 0 Å². The van der Waals surface area contributed by atoms with Crippen LogP contribution in [0.5, 0.6) is 23.0 Å². The Morgan fingerprint density at radius 3 is 1.09 bits per heavy atom. The first kappa shape index (κ1) is 24.4. The van der Waals surface area contributed by atoms with Crippen LogP contribution in [0.3, 0.4) is 0 Å². The van der Waals surface area contributed by atoms with Gasteiger partial charge in [-0.15, -0.1) is 0 Å². The van der Waals surface area contributed by atoms with Crippen molar-refractivity contribution in [2.24, 2.45) is 0 Å². The molecule has 0 saturated carbocycles. The minimum atomic E-state index is -1.72. The van der Waals surface area contributed by atoms with Crippen molar-refractivity contribution in [2.45, 2.75) is 39.4 Å². The van der Waals surface area contributed by atoms with E-state index in [1.54, 1.807) is 0 Å². The van der Waals surface area contributed by atoms with Crippen LogP contribution in [0.2, 0.25) is 0 Å². The highest BCUT2D eigenvalue weighted by atomic mass is 28.1. The van der Waals surface area contributed by atoms with E-state index in [2.05, 4.69) is 10.2 Å². The first-order chi connectivity index (χ1) is 16.9. The Morgan fingerprint density at radius 1 is 0.486 bits per heavy atom. The number of aryl methyl sites for hydroxylation is 4. The molecule has 0 aliphatic heterocycles. The van der Waals surface area contributed by atoms with E-state index < -0.39 is 11.7 Å². The molecule has 0 amide bonds. The van der Waals surface area contributed by atoms with Crippen LogP contribution in [0.15, 0.2) is 97.1 Å². The van der Waals surface area contributed by atoms with E-state index in [1.807, 2.05) is 125 Å². The number of ether oxygens (including phenoxy) is 4. The van der Waals surface area contributed by atoms with Gasteiger partial charge in [-0.05, 0) is 74.2 Å². The molecule has 4 aromatic carbocycles. The summed E-state index contributed by atoms with van der Waals surface area (Å²) in [6, 6.07) is 31.0. The van der Waals surface area contributed by atoms with E-state index in [4.69, 9.17) is 18.9 Å². The number of para-hydroxylation sites is 4. The SMILES string of the molecule is Cc1ccccc1OC([Si])C(Oc1ccccc1C)(Oc1ccccc1C)Oc1ccccc1C. The monoisotopic (exact) mass is 481 g/mol. The van der Waals surface area contributed by atoms with E-state index in [1.165, 1.54) is 0 Å². The minimum absolute atomic E-state index is 0.617. The number of hydrogen-bond acceptors (Lipinski definition) is 4. The van der Waals surface area contributed by atoms with Gasteiger partial charge in [0, 0.05) is 0 Å². The molecule has 177 valence electrons. The molecule has 1 atom stereocenters. The lowest BCUT2D eigenvalue weighted by molar-refractivity contribution is -0.278. The van der Waals surface area contributed by atoms with E-state index in [0.29, 0.717) is 23.0 Å². The van der Waals surface area contributed by atoms with Gasteiger partial charge in [-0.3, -0.25) is 0 Å². The molecule has 5 heteroatoms. The van der Waals surface area contributed by atoms with E-state index >= 15 is 0 Å². The van der Waals surface area contributed by atoms with Crippen molar-refractivity contribution >= 4 is 10.2 Å². The predicted molar refractivity (Wildman–Crippen MR) is 140 cm³/mol. The highest BCUT2D eigenvalue weighted by molar-refractivity contribution is 6.12. The fourth-order valence-corrected chi connectivity index (χ4v) is 3.89. The largest absolute Gasteiger partial charge is 0.482 e. The van der Waals surface area contributed by atoms with E-state index in [9.17, 15) is 0 Å². The highest BCUT2D eigenvalue weighted by Gasteiger charge is 2.48. The summed E-state index contributed by atoms with van der Waals surface area (Å²) in [5, 5.41) is 0. The van der Waals surface area contributed by atoms with E-state index in [0.717, 1.165) is 22.3 Å². The third-order valence-electron chi connectivity index (χ3n) is 5.70. The lowest BCUT2D eigenvalue weighted by Gasteiger charge is -2.39. The maximum absolute atomic E-state index is 6.61. The smallest absolute Gasteiger partial charge is 0.452 e. The van der Waals surface area contributed by atoms with Gasteiger partial charge in [0.2, 0.25) is 0 Å². The van der Waals surface area contributed by atoms with Gasteiger partial charge in [0.05, 0.1) is 0 Å². The molecule has 0 aliphatic carbocycles. The lowest BCUT2D eigenvalue weighted by Crippen LogP contribution is -2.60. The second-order valence-corrected chi connectivity index (χ2v) is 8.99. The van der Waals surface area contributed by atoms with Crippen molar-refractivity contribution in [2.75, 3.05) is 0 Å². The van der Waals surface area contributed by atoms with Gasteiger partial charge >= 0.3 is 5.97 Å². The number of benzene rings is 4. The zero-order valence-electron chi connectivity index (χ0n) is 20.4. The summed E-state index contributed by atoms with van der Waals surface area (Å²) in [4.78, 5) is 0. The van der Waals surface area contributed by atoms with Crippen LogP contribution in [-0.4, -0.2) is 21.9 Å². The fourth-order valence-electron chi connectivity index (χ4n) is 3.58. The molecule has 0 spiro atoms. The molecule has 0 aliphatic rings. The Bertz CT molecular complexity index is 1170. The molecule has 0 aromatic heterocycles. The maximum Gasteiger partial charge on any atom is 0.452 e. The second-order valence-electron chi connectivity index (χ2n) is 8.47. The predicted octanol–water partition coefficient (Wildman–Crippen LogP) is 6.68. The molecule has 0 heterocycles. The molecule has 3 radical (unpaired) electrons. The van der Waals surface area contributed by atoms with Gasteiger partial charge in [-0.25, -0.2) is 0 Å². The van der Waals surface area contributed by atoms with Gasteiger partial charge < -0.3 is 18.9 Å². The zero-order valence-corrected chi connectivity index (χ0v) is 21.4. The molecule has 0 bridgehead atoms. The van der Waals surface area contributed by atoms with Crippen LogP contribution >= 0.6 is 0 Å². The van der Waals surface area contributed by atoms with Crippen LogP contribution in [0.4, 0.5) is 0 Å². The van der Waals surface area contributed by atoms with Crippen molar-refractivity contribution in [1.29, 1.82) is 0 Å². The van der Waals surface area contributed by atoms with Gasteiger partial charge in [0.15, 0.2) is 5.73 Å². The molecule has 4 nitrogen and oxygen atoms in total. The molecule has 0 N–H and O–H groups in total. The lowest BCUT2D eigenvalue weighted by atomic mass is 10.2. The highest BCUT2D eigenvalue weighted by Crippen LogP contribution is 2.34. The molecule has 4 rings (SSSR count). The van der Waals surface area contributed by atoms with Crippen molar-refractivity contribution in [1.82, 2.24) is 0 Å². The third kappa shape index (κ3) is 5.69. The number of rotatable bonds is 9. The van der Waals surface area contributed by atoms with Crippen molar-refractivity contribution < 1.29 is 18.9 Å². The Kier molecular flexibility index (Phi) is 7.47. The van der Waals surface area contributed by atoms with Gasteiger partial charge in [-0.1, -0.05) is 72.8 Å². The normalized spacial score (nSPS) is 12.0. The van der Waals surface area contributed by atoms with Gasteiger partial charge in [-0.2, -0.15) is 0 Å². The average Bonchev–Trinajstić information content (AvgIpc) is 2.85. The molecule has 35 heavy (non-hydrogen) atoms. The Labute approximate surface area is 210 Å². The van der Waals surface area contributed by atoms with Crippen molar-refractivity contribution in [3.63, 3.8) is 0 Å². The average molecular weight is 482 g/mol. The molecule has 0 saturated heterocycles. The van der Waals surface area contributed by atoms with Crippen LogP contribution in [0.25, 0.3) is 0 Å². The van der Waals surface area contributed by atoms with Crippen LogP contribution in [0, 0.1) is 27.7 Å². The zero-order chi connectivity index (χ0) is 24.8. The second kappa shape index (κ2) is 10.7.